The standard InChI is InChI=1S/C37H76N4O4.2BrH/c1-5-7-9-11-13-15-17-19-21-23-26-38-36(44)34-40(3,30-32-42)28-25-29-41(4,31-33-43)35-37(45)39-27-24-22-20-18-16-14-12-10-8-6-2;;/h42-43H,5-35H2,1-4H3;2*1H. The highest BCUT2D eigenvalue weighted by atomic mass is 79.9. The van der Waals surface area contributed by atoms with Crippen molar-refractivity contribution in [3.63, 3.8) is 0 Å². The Morgan fingerprint density at radius 3 is 1.00 bits per heavy atom. The third-order valence-corrected chi connectivity index (χ3v) is 9.43. The predicted molar refractivity (Wildman–Crippen MR) is 190 cm³/mol. The Morgan fingerprint density at radius 1 is 0.447 bits per heavy atom. The number of likely N-dealkylation sites (N-methyl/N-ethyl adjacent to an activating group) is 2. The van der Waals surface area contributed by atoms with Crippen LogP contribution in [0.15, 0.2) is 0 Å². The van der Waals surface area contributed by atoms with Crippen LogP contribution in [0.1, 0.15) is 149 Å². The highest BCUT2D eigenvalue weighted by Gasteiger charge is 2.29. The van der Waals surface area contributed by atoms with Crippen molar-refractivity contribution in [2.75, 3.05) is 79.7 Å². The molecular weight excluding hydrogens is 724 g/mol. The lowest BCUT2D eigenvalue weighted by atomic mass is 10.1. The van der Waals surface area contributed by atoms with E-state index in [0.717, 1.165) is 45.2 Å². The van der Waals surface area contributed by atoms with E-state index in [0.29, 0.717) is 48.2 Å². The lowest BCUT2D eigenvalue weighted by Crippen LogP contribution is -3.00. The van der Waals surface area contributed by atoms with Crippen LogP contribution < -0.4 is 44.6 Å². The SMILES string of the molecule is CCCCCCCCCCCCNC(=O)C[N+](C)(CCO)CCC[N+](C)(CCO)CC(=O)NCCCCCCCCCCCC.[Br-].[Br-]. The monoisotopic (exact) mass is 800 g/mol. The van der Waals surface area contributed by atoms with Gasteiger partial charge in [0.15, 0.2) is 13.1 Å². The zero-order valence-electron chi connectivity index (χ0n) is 31.3. The van der Waals surface area contributed by atoms with Gasteiger partial charge in [-0.1, -0.05) is 129 Å². The maximum atomic E-state index is 12.8. The number of quaternary nitrogens is 2. The lowest BCUT2D eigenvalue weighted by molar-refractivity contribution is -0.921. The first-order chi connectivity index (χ1) is 21.7. The first-order valence-corrected chi connectivity index (χ1v) is 19.2. The van der Waals surface area contributed by atoms with Crippen molar-refractivity contribution in [2.45, 2.75) is 149 Å². The third-order valence-electron chi connectivity index (χ3n) is 9.43. The summed E-state index contributed by atoms with van der Waals surface area (Å²) in [5, 5.41) is 25.6. The van der Waals surface area contributed by atoms with Gasteiger partial charge in [0.2, 0.25) is 0 Å². The highest BCUT2D eigenvalue weighted by molar-refractivity contribution is 5.77. The second-order valence-corrected chi connectivity index (χ2v) is 14.3. The molecule has 0 spiro atoms. The molecule has 0 aromatic heterocycles. The molecule has 0 saturated carbocycles. The van der Waals surface area contributed by atoms with Gasteiger partial charge in [0, 0.05) is 19.5 Å². The summed E-state index contributed by atoms with van der Waals surface area (Å²) in [7, 11) is 4.07. The van der Waals surface area contributed by atoms with E-state index in [1.807, 2.05) is 14.1 Å². The van der Waals surface area contributed by atoms with Gasteiger partial charge in [0.25, 0.3) is 11.8 Å². The van der Waals surface area contributed by atoms with Crippen molar-refractivity contribution >= 4 is 11.8 Å². The molecule has 0 aliphatic carbocycles. The molecule has 0 aromatic carbocycles. The number of nitrogens with zero attached hydrogens (tertiary/aromatic N) is 2. The largest absolute Gasteiger partial charge is 1.00 e. The van der Waals surface area contributed by atoms with Gasteiger partial charge >= 0.3 is 0 Å². The smallest absolute Gasteiger partial charge is 0.275 e. The van der Waals surface area contributed by atoms with Crippen LogP contribution in [0.5, 0.6) is 0 Å². The second-order valence-electron chi connectivity index (χ2n) is 14.3. The first-order valence-electron chi connectivity index (χ1n) is 19.2. The van der Waals surface area contributed by atoms with Crippen LogP contribution in [0.2, 0.25) is 0 Å². The number of aliphatic hydroxyl groups excluding tert-OH is 2. The Labute approximate surface area is 312 Å². The molecule has 0 bridgehead atoms. The fourth-order valence-electron chi connectivity index (χ4n) is 6.34. The molecule has 10 heteroatoms. The van der Waals surface area contributed by atoms with Crippen LogP contribution in [0.4, 0.5) is 0 Å². The van der Waals surface area contributed by atoms with E-state index in [-0.39, 0.29) is 59.0 Å². The van der Waals surface area contributed by atoms with Gasteiger partial charge in [-0.05, 0) is 12.8 Å². The zero-order valence-corrected chi connectivity index (χ0v) is 34.5. The number of nitrogens with one attached hydrogen (secondary N) is 2. The number of halogens is 2. The minimum atomic E-state index is 0. The number of hydrogen-bond acceptors (Lipinski definition) is 4. The molecule has 4 N–H and O–H groups in total. The van der Waals surface area contributed by atoms with Crippen LogP contribution in [0.25, 0.3) is 0 Å². The van der Waals surface area contributed by atoms with Crippen LogP contribution in [0.3, 0.4) is 0 Å². The average molecular weight is 803 g/mol. The van der Waals surface area contributed by atoms with Crippen molar-refractivity contribution in [3.8, 4) is 0 Å². The molecule has 2 atom stereocenters. The molecule has 0 aromatic rings. The molecule has 2 unspecified atom stereocenters. The Kier molecular flexibility index (Phi) is 38.7. The number of hydrogen-bond donors (Lipinski definition) is 4. The molecule has 8 nitrogen and oxygen atoms in total. The maximum Gasteiger partial charge on any atom is 0.275 e. The van der Waals surface area contributed by atoms with Crippen molar-refractivity contribution < 1.29 is 62.7 Å². The number of aliphatic hydroxyl groups is 2. The van der Waals surface area contributed by atoms with Crippen molar-refractivity contribution in [2.24, 2.45) is 0 Å². The molecule has 0 aliphatic rings. The molecule has 0 aliphatic heterocycles. The van der Waals surface area contributed by atoms with E-state index in [1.54, 1.807) is 0 Å². The van der Waals surface area contributed by atoms with Gasteiger partial charge in [-0.3, -0.25) is 9.59 Å². The van der Waals surface area contributed by atoms with Crippen molar-refractivity contribution in [1.82, 2.24) is 10.6 Å². The van der Waals surface area contributed by atoms with Gasteiger partial charge in [0.05, 0.1) is 40.4 Å². The van der Waals surface area contributed by atoms with Gasteiger partial charge in [-0.15, -0.1) is 0 Å². The Balaban J connectivity index is -0.00000968. The lowest BCUT2D eigenvalue weighted by Gasteiger charge is -2.37. The summed E-state index contributed by atoms with van der Waals surface area (Å²) in [5.41, 5.74) is 0. The van der Waals surface area contributed by atoms with Crippen LogP contribution in [0, 0.1) is 0 Å². The van der Waals surface area contributed by atoms with E-state index >= 15 is 0 Å². The molecule has 0 saturated heterocycles. The van der Waals surface area contributed by atoms with Crippen LogP contribution >= 0.6 is 0 Å². The second kappa shape index (κ2) is 35.6. The zero-order chi connectivity index (χ0) is 33.5. The molecule has 0 heterocycles. The normalized spacial score (nSPS) is 13.6. The summed E-state index contributed by atoms with van der Waals surface area (Å²) in [6.45, 7) is 9.24. The molecule has 0 radical (unpaired) electrons. The van der Waals surface area contributed by atoms with Crippen LogP contribution in [-0.4, -0.2) is 111 Å². The van der Waals surface area contributed by atoms with E-state index < -0.39 is 0 Å². The first kappa shape index (κ1) is 51.1. The Hall–Kier alpha value is -0.260. The molecule has 0 rings (SSSR count). The number of amides is 2. The van der Waals surface area contributed by atoms with Crippen molar-refractivity contribution in [3.05, 3.63) is 0 Å². The molecule has 2 amide bonds. The number of carbonyl (C=O) groups is 2. The van der Waals surface area contributed by atoms with Crippen LogP contribution in [-0.2, 0) is 9.59 Å². The van der Waals surface area contributed by atoms with E-state index in [1.165, 1.54) is 103 Å². The molecule has 47 heavy (non-hydrogen) atoms. The Bertz CT molecular complexity index is 651. The molecular formula is C37H78Br2N4O4. The number of rotatable bonds is 34. The van der Waals surface area contributed by atoms with Gasteiger partial charge in [-0.25, -0.2) is 0 Å². The average Bonchev–Trinajstić information content (AvgIpc) is 2.98. The molecule has 0 fully saturated rings. The van der Waals surface area contributed by atoms with Gasteiger partial charge in [0.1, 0.15) is 13.1 Å². The summed E-state index contributed by atoms with van der Waals surface area (Å²) < 4.78 is 0.953. The predicted octanol–water partition coefficient (Wildman–Crippen LogP) is 0.337. The molecule has 284 valence electrons. The number of carbonyl (C=O) groups excluding carboxylic acids is 2. The summed E-state index contributed by atoms with van der Waals surface area (Å²) in [6, 6.07) is 0. The van der Waals surface area contributed by atoms with E-state index in [2.05, 4.69) is 24.5 Å². The highest BCUT2D eigenvalue weighted by Crippen LogP contribution is 2.12. The summed E-state index contributed by atoms with van der Waals surface area (Å²) >= 11 is 0. The topological polar surface area (TPSA) is 98.7 Å². The minimum Gasteiger partial charge on any atom is -1.00 e. The summed E-state index contributed by atoms with van der Waals surface area (Å²) in [5.74, 6) is 0.0849. The summed E-state index contributed by atoms with van der Waals surface area (Å²) in [4.78, 5) is 25.5. The van der Waals surface area contributed by atoms with Gasteiger partial charge < -0.3 is 63.8 Å². The maximum absolute atomic E-state index is 12.8. The van der Waals surface area contributed by atoms with E-state index in [9.17, 15) is 19.8 Å². The third kappa shape index (κ3) is 32.7. The fraction of sp³-hybridized carbons (Fsp3) is 0.946. The quantitative estimate of drug-likeness (QED) is 0.0558. The van der Waals surface area contributed by atoms with Gasteiger partial charge in [-0.2, -0.15) is 0 Å². The Morgan fingerprint density at radius 2 is 0.723 bits per heavy atom. The van der Waals surface area contributed by atoms with Crippen molar-refractivity contribution in [1.29, 1.82) is 0 Å². The number of unbranched alkanes of at least 4 members (excludes halogenated alkanes) is 18. The van der Waals surface area contributed by atoms with E-state index in [4.69, 9.17) is 0 Å². The summed E-state index contributed by atoms with van der Waals surface area (Å²) in [6.07, 6.45) is 26.4. The fourth-order valence-corrected chi connectivity index (χ4v) is 6.34. The minimum absolute atomic E-state index is 0.